The summed E-state index contributed by atoms with van der Waals surface area (Å²) in [5.41, 5.74) is 0.820. The molecule has 1 aliphatic rings. The van der Waals surface area contributed by atoms with E-state index in [1.165, 1.54) is 0 Å². The molecule has 1 aromatic heterocycles. The number of hydrogen-bond acceptors (Lipinski definition) is 5. The molecule has 0 radical (unpaired) electrons. The van der Waals surface area contributed by atoms with Crippen LogP contribution in [-0.4, -0.2) is 50.0 Å². The van der Waals surface area contributed by atoms with Gasteiger partial charge in [-0.1, -0.05) is 18.2 Å². The molecule has 1 N–H and O–H groups in total. The quantitative estimate of drug-likeness (QED) is 0.839. The summed E-state index contributed by atoms with van der Waals surface area (Å²) in [5, 5.41) is 3.81. The molecule has 0 aliphatic carbocycles. The van der Waals surface area contributed by atoms with Crippen LogP contribution in [0.4, 0.5) is 0 Å². The minimum Gasteiger partial charge on any atom is -0.489 e. The van der Waals surface area contributed by atoms with Crippen molar-refractivity contribution in [3.05, 3.63) is 36.5 Å². The van der Waals surface area contributed by atoms with Gasteiger partial charge in [0.15, 0.2) is 6.10 Å². The van der Waals surface area contributed by atoms with E-state index in [1.54, 1.807) is 6.20 Å². The Balaban J connectivity index is 1.49. The van der Waals surface area contributed by atoms with Crippen LogP contribution in [0.3, 0.4) is 0 Å². The van der Waals surface area contributed by atoms with Gasteiger partial charge in [0.2, 0.25) is 0 Å². The number of para-hydroxylation sites is 1. The molecule has 0 bridgehead atoms. The smallest absolute Gasteiger partial charge is 0.251 e. The molecule has 116 valence electrons. The second kappa shape index (κ2) is 7.20. The minimum atomic E-state index is -0.520. The van der Waals surface area contributed by atoms with E-state index in [2.05, 4.69) is 10.3 Å². The maximum absolute atomic E-state index is 11.8. The minimum absolute atomic E-state index is 0.167. The zero-order valence-corrected chi connectivity index (χ0v) is 12.2. The average molecular weight is 302 g/mol. The van der Waals surface area contributed by atoms with Crippen LogP contribution in [0.15, 0.2) is 36.5 Å². The summed E-state index contributed by atoms with van der Waals surface area (Å²) in [7, 11) is 0. The summed E-state index contributed by atoms with van der Waals surface area (Å²) in [5.74, 6) is 0.545. The fraction of sp³-hybridized carbons (Fsp3) is 0.375. The highest BCUT2D eigenvalue weighted by molar-refractivity contribution is 5.84. The maximum Gasteiger partial charge on any atom is 0.251 e. The van der Waals surface area contributed by atoms with Gasteiger partial charge >= 0.3 is 0 Å². The normalized spacial score (nSPS) is 18.1. The zero-order valence-electron chi connectivity index (χ0n) is 12.2. The lowest BCUT2D eigenvalue weighted by molar-refractivity contribution is -0.147. The van der Waals surface area contributed by atoms with Crippen molar-refractivity contribution in [3.8, 4) is 5.75 Å². The van der Waals surface area contributed by atoms with Crippen molar-refractivity contribution >= 4 is 16.8 Å². The van der Waals surface area contributed by atoms with Gasteiger partial charge in [-0.15, -0.1) is 0 Å². The summed E-state index contributed by atoms with van der Waals surface area (Å²) < 4.78 is 16.2. The van der Waals surface area contributed by atoms with E-state index in [-0.39, 0.29) is 5.91 Å². The Morgan fingerprint density at radius 2 is 2.23 bits per heavy atom. The summed E-state index contributed by atoms with van der Waals surface area (Å²) in [6.07, 6.45) is 1.21. The van der Waals surface area contributed by atoms with Crippen molar-refractivity contribution in [1.82, 2.24) is 10.3 Å². The summed E-state index contributed by atoms with van der Waals surface area (Å²) in [6, 6.07) is 9.65. The largest absolute Gasteiger partial charge is 0.489 e. The van der Waals surface area contributed by atoms with Crippen LogP contribution in [0.1, 0.15) is 0 Å². The van der Waals surface area contributed by atoms with Crippen molar-refractivity contribution in [2.24, 2.45) is 0 Å². The second-order valence-corrected chi connectivity index (χ2v) is 4.91. The Hall–Kier alpha value is -2.18. The van der Waals surface area contributed by atoms with Crippen molar-refractivity contribution in [1.29, 1.82) is 0 Å². The average Bonchev–Trinajstić information content (AvgIpc) is 2.59. The molecule has 0 spiro atoms. The standard InChI is InChI=1S/C16H18N2O4/c19-16(14-11-20-9-10-22-14)18-7-8-21-13-5-1-3-12-4-2-6-17-15(12)13/h1-6,14H,7-11H2,(H,18,19)/t14-/m1/s1. The van der Waals surface area contributed by atoms with Crippen LogP contribution < -0.4 is 10.1 Å². The molecule has 1 fully saturated rings. The number of rotatable bonds is 5. The summed E-state index contributed by atoms with van der Waals surface area (Å²) in [6.45, 7) is 2.08. The van der Waals surface area contributed by atoms with Crippen molar-refractivity contribution < 1.29 is 19.0 Å². The van der Waals surface area contributed by atoms with E-state index in [0.717, 1.165) is 10.9 Å². The first kappa shape index (κ1) is 14.7. The maximum atomic E-state index is 11.8. The molecule has 2 aromatic rings. The topological polar surface area (TPSA) is 69.7 Å². The van der Waals surface area contributed by atoms with Crippen LogP contribution in [0.5, 0.6) is 5.75 Å². The van der Waals surface area contributed by atoms with E-state index in [4.69, 9.17) is 14.2 Å². The van der Waals surface area contributed by atoms with Gasteiger partial charge in [0.05, 0.1) is 26.4 Å². The molecule has 6 nitrogen and oxygen atoms in total. The van der Waals surface area contributed by atoms with E-state index < -0.39 is 6.10 Å². The molecule has 1 atom stereocenters. The summed E-state index contributed by atoms with van der Waals surface area (Å²) >= 11 is 0. The Kier molecular flexibility index (Phi) is 4.82. The third-order valence-corrected chi connectivity index (χ3v) is 3.36. The molecular weight excluding hydrogens is 284 g/mol. The lowest BCUT2D eigenvalue weighted by Gasteiger charge is -2.22. The molecule has 0 saturated carbocycles. The Bertz CT molecular complexity index is 636. The van der Waals surface area contributed by atoms with Crippen LogP contribution in [0.2, 0.25) is 0 Å². The highest BCUT2D eigenvalue weighted by Crippen LogP contribution is 2.22. The number of pyridine rings is 1. The molecule has 2 heterocycles. The van der Waals surface area contributed by atoms with E-state index in [9.17, 15) is 4.79 Å². The van der Waals surface area contributed by atoms with E-state index in [0.29, 0.717) is 38.7 Å². The molecule has 1 saturated heterocycles. The predicted molar refractivity (Wildman–Crippen MR) is 80.8 cm³/mol. The lowest BCUT2D eigenvalue weighted by atomic mass is 10.2. The number of aromatic nitrogens is 1. The first-order valence-electron chi connectivity index (χ1n) is 7.28. The highest BCUT2D eigenvalue weighted by Gasteiger charge is 2.21. The van der Waals surface area contributed by atoms with Gasteiger partial charge in [0.1, 0.15) is 17.9 Å². The predicted octanol–water partition coefficient (Wildman–Crippen LogP) is 1.15. The van der Waals surface area contributed by atoms with Crippen LogP contribution >= 0.6 is 0 Å². The fourth-order valence-corrected chi connectivity index (χ4v) is 2.28. The van der Waals surface area contributed by atoms with Crippen molar-refractivity contribution in [2.75, 3.05) is 33.0 Å². The first-order valence-corrected chi connectivity index (χ1v) is 7.28. The van der Waals surface area contributed by atoms with Crippen LogP contribution in [0.25, 0.3) is 10.9 Å². The number of amides is 1. The Morgan fingerprint density at radius 3 is 3.09 bits per heavy atom. The molecule has 1 aromatic carbocycles. The number of ether oxygens (including phenoxy) is 3. The van der Waals surface area contributed by atoms with Crippen LogP contribution in [0, 0.1) is 0 Å². The van der Waals surface area contributed by atoms with Crippen molar-refractivity contribution in [2.45, 2.75) is 6.10 Å². The molecule has 1 aliphatic heterocycles. The molecule has 0 unspecified atom stereocenters. The van der Waals surface area contributed by atoms with Gasteiger partial charge in [-0.25, -0.2) is 0 Å². The molecule has 1 amide bonds. The number of nitrogens with one attached hydrogen (secondary N) is 1. The molecular formula is C16H18N2O4. The van der Waals surface area contributed by atoms with Crippen LogP contribution in [-0.2, 0) is 14.3 Å². The SMILES string of the molecule is O=C(NCCOc1cccc2cccnc12)[C@H]1COCCO1. The van der Waals surface area contributed by atoms with Gasteiger partial charge in [0, 0.05) is 11.6 Å². The molecule has 22 heavy (non-hydrogen) atoms. The third-order valence-electron chi connectivity index (χ3n) is 3.36. The monoisotopic (exact) mass is 302 g/mol. The number of fused-ring (bicyclic) bond motifs is 1. The number of nitrogens with zero attached hydrogens (tertiary/aromatic N) is 1. The van der Waals surface area contributed by atoms with Gasteiger partial charge < -0.3 is 19.5 Å². The summed E-state index contributed by atoms with van der Waals surface area (Å²) in [4.78, 5) is 16.2. The first-order chi connectivity index (χ1) is 10.8. The lowest BCUT2D eigenvalue weighted by Crippen LogP contribution is -2.43. The number of benzene rings is 1. The second-order valence-electron chi connectivity index (χ2n) is 4.91. The number of carbonyl (C=O) groups excluding carboxylic acids is 1. The molecule has 3 rings (SSSR count). The Morgan fingerprint density at radius 1 is 1.32 bits per heavy atom. The highest BCUT2D eigenvalue weighted by atomic mass is 16.6. The van der Waals surface area contributed by atoms with E-state index in [1.807, 2.05) is 30.3 Å². The van der Waals surface area contributed by atoms with Gasteiger partial charge in [0.25, 0.3) is 5.91 Å². The Labute approximate surface area is 128 Å². The van der Waals surface area contributed by atoms with Gasteiger partial charge in [-0.2, -0.15) is 0 Å². The molecule has 6 heteroatoms. The van der Waals surface area contributed by atoms with E-state index >= 15 is 0 Å². The fourth-order valence-electron chi connectivity index (χ4n) is 2.28. The number of hydrogen-bond donors (Lipinski definition) is 1. The third kappa shape index (κ3) is 3.52. The van der Waals surface area contributed by atoms with Gasteiger partial charge in [-0.3, -0.25) is 9.78 Å². The number of carbonyl (C=O) groups is 1. The van der Waals surface area contributed by atoms with Gasteiger partial charge in [-0.05, 0) is 12.1 Å². The van der Waals surface area contributed by atoms with Crippen molar-refractivity contribution in [3.63, 3.8) is 0 Å². The zero-order chi connectivity index (χ0) is 15.2.